The predicted octanol–water partition coefficient (Wildman–Crippen LogP) is 2.86. The number of hydrogen-bond donors (Lipinski definition) is 1. The van der Waals surface area contributed by atoms with Crippen LogP contribution in [0.2, 0.25) is 0 Å². The van der Waals surface area contributed by atoms with E-state index in [-0.39, 0.29) is 0 Å². The lowest BCUT2D eigenvalue weighted by Crippen LogP contribution is -2.45. The van der Waals surface area contributed by atoms with E-state index in [1.165, 1.54) is 0 Å². The van der Waals surface area contributed by atoms with Gasteiger partial charge in [-0.2, -0.15) is 4.98 Å². The monoisotopic (exact) mass is 330 g/mol. The van der Waals surface area contributed by atoms with Crippen LogP contribution in [0, 0.1) is 0 Å². The molecule has 2 aromatic rings. The minimum Gasteiger partial charge on any atom is -0.389 e. The second-order valence-electron chi connectivity index (χ2n) is 6.65. The zero-order valence-corrected chi connectivity index (χ0v) is 14.5. The van der Waals surface area contributed by atoms with Gasteiger partial charge in [0.25, 0.3) is 0 Å². The standard InChI is InChI=1S/C18H26N4O2/c1-3-18(23,4-2)13-22-11-8-14(9-12-22)17-20-16(21-24-17)15-7-5-6-10-19-15/h5-7,10,14,23H,3-4,8-9,11-13H2,1-2H3. The fraction of sp³-hybridized carbons (Fsp3) is 0.611. The summed E-state index contributed by atoms with van der Waals surface area (Å²) in [5, 5.41) is 14.6. The maximum absolute atomic E-state index is 10.5. The van der Waals surface area contributed by atoms with Crippen molar-refractivity contribution in [3.63, 3.8) is 0 Å². The molecule has 1 N–H and O–H groups in total. The van der Waals surface area contributed by atoms with Crippen molar-refractivity contribution in [1.29, 1.82) is 0 Å². The third-order valence-corrected chi connectivity index (χ3v) is 5.11. The maximum Gasteiger partial charge on any atom is 0.230 e. The molecule has 0 atom stereocenters. The number of piperidine rings is 1. The minimum absolute atomic E-state index is 0.294. The van der Waals surface area contributed by atoms with Gasteiger partial charge in [0.2, 0.25) is 11.7 Å². The molecule has 1 aliphatic heterocycles. The molecule has 0 saturated carbocycles. The normalized spacial score (nSPS) is 17.3. The van der Waals surface area contributed by atoms with Crippen LogP contribution in [0.5, 0.6) is 0 Å². The summed E-state index contributed by atoms with van der Waals surface area (Å²) in [7, 11) is 0. The van der Waals surface area contributed by atoms with Crippen LogP contribution < -0.4 is 0 Å². The molecular weight excluding hydrogens is 304 g/mol. The molecule has 6 nitrogen and oxygen atoms in total. The topological polar surface area (TPSA) is 75.3 Å². The molecule has 0 amide bonds. The predicted molar refractivity (Wildman–Crippen MR) is 91.5 cm³/mol. The number of hydrogen-bond acceptors (Lipinski definition) is 6. The van der Waals surface area contributed by atoms with E-state index in [4.69, 9.17) is 4.52 Å². The zero-order chi connectivity index (χ0) is 17.0. The van der Waals surface area contributed by atoms with E-state index in [0.29, 0.717) is 17.6 Å². The summed E-state index contributed by atoms with van der Waals surface area (Å²) in [5.41, 5.74) is 0.171. The van der Waals surface area contributed by atoms with Gasteiger partial charge in [0.1, 0.15) is 5.69 Å². The van der Waals surface area contributed by atoms with Crippen LogP contribution in [0.25, 0.3) is 11.5 Å². The molecule has 24 heavy (non-hydrogen) atoms. The number of pyridine rings is 1. The average molecular weight is 330 g/mol. The van der Waals surface area contributed by atoms with Crippen LogP contribution in [-0.2, 0) is 0 Å². The second kappa shape index (κ2) is 7.40. The van der Waals surface area contributed by atoms with Crippen LogP contribution in [0.1, 0.15) is 51.3 Å². The molecule has 1 aliphatic rings. The number of rotatable bonds is 6. The highest BCUT2D eigenvalue weighted by molar-refractivity contribution is 5.47. The van der Waals surface area contributed by atoms with E-state index in [9.17, 15) is 5.11 Å². The van der Waals surface area contributed by atoms with Crippen molar-refractivity contribution in [1.82, 2.24) is 20.0 Å². The van der Waals surface area contributed by atoms with Crippen molar-refractivity contribution < 1.29 is 9.63 Å². The van der Waals surface area contributed by atoms with Crippen molar-refractivity contribution >= 4 is 0 Å². The Morgan fingerprint density at radius 1 is 1.25 bits per heavy atom. The maximum atomic E-state index is 10.5. The van der Waals surface area contributed by atoms with Gasteiger partial charge in [-0.15, -0.1) is 0 Å². The lowest BCUT2D eigenvalue weighted by molar-refractivity contribution is -0.00973. The Morgan fingerprint density at radius 2 is 2.00 bits per heavy atom. The van der Waals surface area contributed by atoms with Gasteiger partial charge in [-0.05, 0) is 50.9 Å². The molecule has 0 radical (unpaired) electrons. The van der Waals surface area contributed by atoms with Crippen molar-refractivity contribution in [2.24, 2.45) is 0 Å². The van der Waals surface area contributed by atoms with Gasteiger partial charge >= 0.3 is 0 Å². The highest BCUT2D eigenvalue weighted by Crippen LogP contribution is 2.29. The second-order valence-corrected chi connectivity index (χ2v) is 6.65. The summed E-state index contributed by atoms with van der Waals surface area (Å²) in [6.45, 7) is 6.75. The van der Waals surface area contributed by atoms with Crippen LogP contribution >= 0.6 is 0 Å². The highest BCUT2D eigenvalue weighted by Gasteiger charge is 2.30. The Balaban J connectivity index is 1.58. The molecule has 0 aliphatic carbocycles. The highest BCUT2D eigenvalue weighted by atomic mass is 16.5. The lowest BCUT2D eigenvalue weighted by Gasteiger charge is -2.36. The van der Waals surface area contributed by atoms with Gasteiger partial charge in [0, 0.05) is 18.7 Å². The average Bonchev–Trinajstić information content (AvgIpc) is 3.13. The summed E-state index contributed by atoms with van der Waals surface area (Å²) < 4.78 is 5.47. The first-order chi connectivity index (χ1) is 11.6. The van der Waals surface area contributed by atoms with E-state index in [1.54, 1.807) is 6.20 Å². The Kier molecular flexibility index (Phi) is 5.26. The Morgan fingerprint density at radius 3 is 2.62 bits per heavy atom. The third-order valence-electron chi connectivity index (χ3n) is 5.11. The Labute approximate surface area is 142 Å². The van der Waals surface area contributed by atoms with E-state index < -0.39 is 5.60 Å². The first-order valence-corrected chi connectivity index (χ1v) is 8.83. The molecule has 6 heteroatoms. The first-order valence-electron chi connectivity index (χ1n) is 8.83. The number of β-amino-alcohol motifs (C(OH)–C–C–N with tert-alkyl or cyclic N) is 1. The van der Waals surface area contributed by atoms with E-state index >= 15 is 0 Å². The van der Waals surface area contributed by atoms with Gasteiger partial charge in [0.05, 0.1) is 5.60 Å². The number of nitrogens with zero attached hydrogens (tertiary/aromatic N) is 4. The molecule has 0 unspecified atom stereocenters. The summed E-state index contributed by atoms with van der Waals surface area (Å²) in [5.74, 6) is 1.55. The smallest absolute Gasteiger partial charge is 0.230 e. The molecule has 0 bridgehead atoms. The molecule has 1 saturated heterocycles. The number of likely N-dealkylation sites (tertiary alicyclic amines) is 1. The van der Waals surface area contributed by atoms with Crippen molar-refractivity contribution in [3.8, 4) is 11.5 Å². The summed E-state index contributed by atoms with van der Waals surface area (Å²) in [6, 6.07) is 5.67. The summed E-state index contributed by atoms with van der Waals surface area (Å²) in [4.78, 5) is 11.1. The fourth-order valence-electron chi connectivity index (χ4n) is 3.23. The van der Waals surface area contributed by atoms with E-state index in [2.05, 4.69) is 20.0 Å². The summed E-state index contributed by atoms with van der Waals surface area (Å²) in [6.07, 6.45) is 5.27. The van der Waals surface area contributed by atoms with Gasteiger partial charge < -0.3 is 14.5 Å². The Hall–Kier alpha value is -1.79. The molecule has 3 heterocycles. The van der Waals surface area contributed by atoms with Gasteiger partial charge in [0.15, 0.2) is 0 Å². The van der Waals surface area contributed by atoms with E-state index in [1.807, 2.05) is 32.0 Å². The van der Waals surface area contributed by atoms with Gasteiger partial charge in [-0.1, -0.05) is 25.1 Å². The van der Waals surface area contributed by atoms with Crippen molar-refractivity contribution in [3.05, 3.63) is 30.3 Å². The Bertz CT molecular complexity index is 631. The molecule has 3 rings (SSSR count). The largest absolute Gasteiger partial charge is 0.389 e. The molecule has 0 spiro atoms. The van der Waals surface area contributed by atoms with Crippen LogP contribution in [-0.4, -0.2) is 50.4 Å². The zero-order valence-electron chi connectivity index (χ0n) is 14.5. The van der Waals surface area contributed by atoms with Crippen LogP contribution in [0.4, 0.5) is 0 Å². The third kappa shape index (κ3) is 3.82. The first kappa shape index (κ1) is 17.0. The van der Waals surface area contributed by atoms with Gasteiger partial charge in [-0.25, -0.2) is 0 Å². The quantitative estimate of drug-likeness (QED) is 0.878. The van der Waals surface area contributed by atoms with Crippen molar-refractivity contribution in [2.45, 2.75) is 51.0 Å². The molecule has 0 aromatic carbocycles. The molecule has 130 valence electrons. The number of aliphatic hydroxyl groups is 1. The minimum atomic E-state index is -0.566. The van der Waals surface area contributed by atoms with Crippen molar-refractivity contribution in [2.75, 3.05) is 19.6 Å². The molecule has 2 aromatic heterocycles. The fourth-order valence-corrected chi connectivity index (χ4v) is 3.23. The number of aromatic nitrogens is 3. The lowest BCUT2D eigenvalue weighted by atomic mass is 9.92. The SMILES string of the molecule is CCC(O)(CC)CN1CCC(c2nc(-c3ccccn3)no2)CC1. The van der Waals surface area contributed by atoms with Crippen LogP contribution in [0.15, 0.2) is 28.9 Å². The molecule has 1 fully saturated rings. The van der Waals surface area contributed by atoms with E-state index in [0.717, 1.165) is 51.0 Å². The summed E-state index contributed by atoms with van der Waals surface area (Å²) >= 11 is 0. The molecular formula is C18H26N4O2. The van der Waals surface area contributed by atoms with Crippen LogP contribution in [0.3, 0.4) is 0 Å². The van der Waals surface area contributed by atoms with Gasteiger partial charge in [-0.3, -0.25) is 4.98 Å².